The van der Waals surface area contributed by atoms with E-state index in [1.54, 1.807) is 0 Å². The second-order valence-corrected chi connectivity index (χ2v) is 7.11. The standard InChI is InChI=1S/C15H25N3O/c1-14(2)8-6-7-11(14)12-17-13(18-19-12)15(16)9-4-3-5-10-15/h11H,3-10,16H2,1-2H3. The van der Waals surface area contributed by atoms with Gasteiger partial charge in [-0.15, -0.1) is 0 Å². The molecule has 0 bridgehead atoms. The van der Waals surface area contributed by atoms with Crippen molar-refractivity contribution in [1.82, 2.24) is 10.1 Å². The lowest BCUT2D eigenvalue weighted by atomic mass is 9.81. The summed E-state index contributed by atoms with van der Waals surface area (Å²) in [6.07, 6.45) is 9.25. The lowest BCUT2D eigenvalue weighted by Gasteiger charge is -2.30. The maximum absolute atomic E-state index is 6.47. The van der Waals surface area contributed by atoms with Gasteiger partial charge in [0.1, 0.15) is 0 Å². The van der Waals surface area contributed by atoms with Gasteiger partial charge in [0.2, 0.25) is 5.89 Å². The minimum absolute atomic E-state index is 0.276. The quantitative estimate of drug-likeness (QED) is 0.887. The van der Waals surface area contributed by atoms with Crippen molar-refractivity contribution < 1.29 is 4.52 Å². The molecule has 0 radical (unpaired) electrons. The Morgan fingerprint density at radius 2 is 1.84 bits per heavy atom. The van der Waals surface area contributed by atoms with Crippen LogP contribution >= 0.6 is 0 Å². The van der Waals surface area contributed by atoms with Crippen molar-refractivity contribution >= 4 is 0 Å². The fourth-order valence-corrected chi connectivity index (χ4v) is 3.77. The molecule has 0 spiro atoms. The van der Waals surface area contributed by atoms with Crippen molar-refractivity contribution in [3.05, 3.63) is 11.7 Å². The van der Waals surface area contributed by atoms with Crippen LogP contribution in [-0.2, 0) is 5.54 Å². The second-order valence-electron chi connectivity index (χ2n) is 7.11. The smallest absolute Gasteiger partial charge is 0.230 e. The Balaban J connectivity index is 1.83. The number of nitrogens with zero attached hydrogens (tertiary/aromatic N) is 2. The van der Waals surface area contributed by atoms with Crippen molar-refractivity contribution in [3.8, 4) is 0 Å². The van der Waals surface area contributed by atoms with Gasteiger partial charge in [-0.05, 0) is 31.1 Å². The van der Waals surface area contributed by atoms with Crippen LogP contribution in [-0.4, -0.2) is 10.1 Å². The minimum Gasteiger partial charge on any atom is -0.339 e. The predicted octanol–water partition coefficient (Wildman–Crippen LogP) is 3.48. The zero-order chi connectivity index (χ0) is 13.5. The van der Waals surface area contributed by atoms with Crippen LogP contribution in [0.3, 0.4) is 0 Å². The van der Waals surface area contributed by atoms with E-state index in [1.165, 1.54) is 32.1 Å². The molecular weight excluding hydrogens is 238 g/mol. The molecule has 1 atom stereocenters. The molecule has 106 valence electrons. The molecule has 4 nitrogen and oxygen atoms in total. The molecule has 1 unspecified atom stereocenters. The molecule has 2 fully saturated rings. The molecule has 2 saturated carbocycles. The molecule has 4 heteroatoms. The molecule has 2 aliphatic carbocycles. The van der Waals surface area contributed by atoms with Crippen LogP contribution < -0.4 is 5.73 Å². The second kappa shape index (κ2) is 4.58. The van der Waals surface area contributed by atoms with Gasteiger partial charge >= 0.3 is 0 Å². The first-order chi connectivity index (χ1) is 9.01. The van der Waals surface area contributed by atoms with Crippen LogP contribution in [0.5, 0.6) is 0 Å². The first-order valence-corrected chi connectivity index (χ1v) is 7.64. The zero-order valence-electron chi connectivity index (χ0n) is 12.1. The van der Waals surface area contributed by atoms with Crippen molar-refractivity contribution in [2.24, 2.45) is 11.1 Å². The van der Waals surface area contributed by atoms with Gasteiger partial charge in [0.15, 0.2) is 5.82 Å². The number of hydrogen-bond acceptors (Lipinski definition) is 4. The lowest BCUT2D eigenvalue weighted by molar-refractivity contribution is 0.252. The maximum atomic E-state index is 6.47. The number of rotatable bonds is 2. The van der Waals surface area contributed by atoms with Crippen molar-refractivity contribution in [3.63, 3.8) is 0 Å². The molecule has 2 aliphatic rings. The first-order valence-electron chi connectivity index (χ1n) is 7.64. The maximum Gasteiger partial charge on any atom is 0.230 e. The Labute approximate surface area is 115 Å². The molecular formula is C15H25N3O. The normalized spacial score (nSPS) is 29.5. The Hall–Kier alpha value is -0.900. The Morgan fingerprint density at radius 1 is 1.11 bits per heavy atom. The molecule has 0 amide bonds. The van der Waals surface area contributed by atoms with E-state index >= 15 is 0 Å². The van der Waals surface area contributed by atoms with Gasteiger partial charge in [0.05, 0.1) is 5.54 Å². The summed E-state index contributed by atoms with van der Waals surface area (Å²) in [4.78, 5) is 4.68. The van der Waals surface area contributed by atoms with Crippen LogP contribution in [0.4, 0.5) is 0 Å². The van der Waals surface area contributed by atoms with Gasteiger partial charge in [-0.2, -0.15) is 4.98 Å². The highest BCUT2D eigenvalue weighted by Crippen LogP contribution is 2.48. The van der Waals surface area contributed by atoms with Gasteiger partial charge < -0.3 is 10.3 Å². The van der Waals surface area contributed by atoms with E-state index in [-0.39, 0.29) is 11.0 Å². The number of aromatic nitrogens is 2. The SMILES string of the molecule is CC1(C)CCCC1c1nc(C2(N)CCCCC2)no1. The summed E-state index contributed by atoms with van der Waals surface area (Å²) in [6.45, 7) is 4.60. The minimum atomic E-state index is -0.344. The van der Waals surface area contributed by atoms with Gasteiger partial charge in [0, 0.05) is 5.92 Å². The summed E-state index contributed by atoms with van der Waals surface area (Å²) in [5.41, 5.74) is 6.41. The van der Waals surface area contributed by atoms with E-state index in [2.05, 4.69) is 24.0 Å². The largest absolute Gasteiger partial charge is 0.339 e. The monoisotopic (exact) mass is 263 g/mol. The van der Waals surface area contributed by atoms with Gasteiger partial charge in [0.25, 0.3) is 0 Å². The summed E-state index contributed by atoms with van der Waals surface area (Å²) in [5.74, 6) is 1.96. The third-order valence-electron chi connectivity index (χ3n) is 5.19. The summed E-state index contributed by atoms with van der Waals surface area (Å²) < 4.78 is 5.56. The van der Waals surface area contributed by atoms with E-state index in [0.29, 0.717) is 5.92 Å². The van der Waals surface area contributed by atoms with Crippen LogP contribution in [0, 0.1) is 5.41 Å². The molecule has 1 heterocycles. The highest BCUT2D eigenvalue weighted by molar-refractivity contribution is 5.09. The lowest BCUT2D eigenvalue weighted by Crippen LogP contribution is -2.39. The van der Waals surface area contributed by atoms with Crippen LogP contribution in [0.15, 0.2) is 4.52 Å². The van der Waals surface area contributed by atoms with Crippen molar-refractivity contribution in [2.45, 2.75) is 76.7 Å². The Morgan fingerprint density at radius 3 is 2.47 bits per heavy atom. The van der Waals surface area contributed by atoms with Crippen LogP contribution in [0.1, 0.15) is 82.8 Å². The van der Waals surface area contributed by atoms with E-state index in [0.717, 1.165) is 31.0 Å². The highest BCUT2D eigenvalue weighted by Gasteiger charge is 2.41. The van der Waals surface area contributed by atoms with Crippen LogP contribution in [0.2, 0.25) is 0 Å². The van der Waals surface area contributed by atoms with E-state index in [9.17, 15) is 0 Å². The third-order valence-corrected chi connectivity index (χ3v) is 5.19. The Kier molecular flexibility index (Phi) is 3.16. The number of hydrogen-bond donors (Lipinski definition) is 1. The van der Waals surface area contributed by atoms with E-state index in [1.807, 2.05) is 0 Å². The molecule has 0 aliphatic heterocycles. The van der Waals surface area contributed by atoms with Gasteiger partial charge in [-0.1, -0.05) is 44.7 Å². The van der Waals surface area contributed by atoms with Crippen molar-refractivity contribution in [1.29, 1.82) is 0 Å². The summed E-state index contributed by atoms with van der Waals surface area (Å²) in [5, 5.41) is 4.21. The molecule has 19 heavy (non-hydrogen) atoms. The predicted molar refractivity (Wildman–Crippen MR) is 73.6 cm³/mol. The van der Waals surface area contributed by atoms with E-state index in [4.69, 9.17) is 10.3 Å². The number of nitrogens with two attached hydrogens (primary N) is 1. The topological polar surface area (TPSA) is 64.9 Å². The fourth-order valence-electron chi connectivity index (χ4n) is 3.77. The Bertz CT molecular complexity index is 446. The fraction of sp³-hybridized carbons (Fsp3) is 0.867. The average Bonchev–Trinajstić information content (AvgIpc) is 2.96. The highest BCUT2D eigenvalue weighted by atomic mass is 16.5. The molecule has 3 rings (SSSR count). The van der Waals surface area contributed by atoms with Gasteiger partial charge in [-0.3, -0.25) is 0 Å². The van der Waals surface area contributed by atoms with Crippen molar-refractivity contribution in [2.75, 3.05) is 0 Å². The van der Waals surface area contributed by atoms with Gasteiger partial charge in [-0.25, -0.2) is 0 Å². The average molecular weight is 263 g/mol. The third kappa shape index (κ3) is 2.31. The zero-order valence-corrected chi connectivity index (χ0v) is 12.1. The molecule has 2 N–H and O–H groups in total. The molecule has 1 aromatic rings. The van der Waals surface area contributed by atoms with E-state index < -0.39 is 0 Å². The molecule has 1 aromatic heterocycles. The molecule has 0 aromatic carbocycles. The van der Waals surface area contributed by atoms with Crippen LogP contribution in [0.25, 0.3) is 0 Å². The summed E-state index contributed by atoms with van der Waals surface area (Å²) in [6, 6.07) is 0. The first kappa shape index (κ1) is 13.1. The summed E-state index contributed by atoms with van der Waals surface area (Å²) in [7, 11) is 0. The summed E-state index contributed by atoms with van der Waals surface area (Å²) >= 11 is 0. The molecule has 0 saturated heterocycles.